The van der Waals surface area contributed by atoms with Gasteiger partial charge in [-0.25, -0.2) is 4.39 Å². The number of halogens is 1. The second-order valence-corrected chi connectivity index (χ2v) is 3.26. The lowest BCUT2D eigenvalue weighted by Crippen LogP contribution is -2.26. The van der Waals surface area contributed by atoms with Crippen molar-refractivity contribution in [1.82, 2.24) is 0 Å². The largest absolute Gasteiger partial charge is 0.480 e. The van der Waals surface area contributed by atoms with Gasteiger partial charge in [0.25, 0.3) is 0 Å². The van der Waals surface area contributed by atoms with Crippen LogP contribution in [0.15, 0.2) is 18.2 Å². The summed E-state index contributed by atoms with van der Waals surface area (Å²) in [6.45, 7) is 1.38. The van der Waals surface area contributed by atoms with E-state index in [2.05, 4.69) is 5.32 Å². The summed E-state index contributed by atoms with van der Waals surface area (Å²) in [6, 6.07) is 2.63. The molecule has 0 aliphatic rings. The zero-order valence-corrected chi connectivity index (χ0v) is 8.53. The molecule has 0 saturated carbocycles. The van der Waals surface area contributed by atoms with Gasteiger partial charge in [0.2, 0.25) is 5.91 Å². The minimum absolute atomic E-state index is 0.0138. The number of carbonyl (C=O) groups excluding carboxylic acids is 1. The van der Waals surface area contributed by atoms with Crippen LogP contribution in [0.4, 0.5) is 10.1 Å². The van der Waals surface area contributed by atoms with Gasteiger partial charge >= 0.3 is 5.97 Å². The average Bonchev–Trinajstić information content (AvgIpc) is 2.20. The van der Waals surface area contributed by atoms with Gasteiger partial charge in [-0.05, 0) is 25.1 Å². The third-order valence-corrected chi connectivity index (χ3v) is 2.00. The van der Waals surface area contributed by atoms with Crippen molar-refractivity contribution in [3.05, 3.63) is 29.6 Å². The molecule has 5 nitrogen and oxygen atoms in total. The Morgan fingerprint density at radius 2 is 2.12 bits per heavy atom. The molecule has 0 heterocycles. The number of carboxylic acid groups (broad SMARTS) is 1. The Morgan fingerprint density at radius 1 is 1.50 bits per heavy atom. The van der Waals surface area contributed by atoms with E-state index >= 15 is 0 Å². The summed E-state index contributed by atoms with van der Waals surface area (Å²) in [7, 11) is 0. The molecule has 1 amide bonds. The number of rotatable bonds is 4. The number of hydrogen-bond donors (Lipinski definition) is 3. The number of amides is 1. The van der Waals surface area contributed by atoms with E-state index < -0.39 is 23.7 Å². The summed E-state index contributed by atoms with van der Waals surface area (Å²) in [6.07, 6.45) is 0. The van der Waals surface area contributed by atoms with Crippen LogP contribution in [0, 0.1) is 5.82 Å². The zero-order chi connectivity index (χ0) is 12.3. The third kappa shape index (κ3) is 2.69. The molecule has 1 rings (SSSR count). The van der Waals surface area contributed by atoms with Gasteiger partial charge in [-0.15, -0.1) is 0 Å². The Labute approximate surface area is 91.1 Å². The molecule has 16 heavy (non-hydrogen) atoms. The molecule has 0 spiro atoms. The number of carbonyl (C=O) groups is 2. The Bertz CT molecular complexity index is 434. The van der Waals surface area contributed by atoms with E-state index in [1.54, 1.807) is 0 Å². The topological polar surface area (TPSA) is 92.4 Å². The number of benzene rings is 1. The predicted octanol–water partition coefficient (Wildman–Crippen LogP) is 0.810. The maximum Gasteiger partial charge on any atom is 0.325 e. The maximum absolute atomic E-state index is 13.4. The van der Waals surface area contributed by atoms with Gasteiger partial charge in [0.15, 0.2) is 0 Å². The molecule has 1 atom stereocenters. The van der Waals surface area contributed by atoms with Gasteiger partial charge in [-0.1, -0.05) is 0 Å². The molecule has 4 N–H and O–H groups in total. The summed E-state index contributed by atoms with van der Waals surface area (Å²) in [5, 5.41) is 11.1. The molecule has 0 fully saturated rings. The number of nitrogens with two attached hydrogens (primary N) is 1. The van der Waals surface area contributed by atoms with Gasteiger partial charge in [0, 0.05) is 5.56 Å². The summed E-state index contributed by atoms with van der Waals surface area (Å²) in [4.78, 5) is 21.3. The maximum atomic E-state index is 13.4. The van der Waals surface area contributed by atoms with Crippen LogP contribution in [-0.4, -0.2) is 23.0 Å². The number of primary amides is 1. The SMILES string of the molecule is CC(Nc1ccc(C(N)=O)cc1F)C(=O)O. The van der Waals surface area contributed by atoms with Crippen LogP contribution in [-0.2, 0) is 4.79 Å². The molecule has 6 heteroatoms. The van der Waals surface area contributed by atoms with Gasteiger partial charge in [-0.2, -0.15) is 0 Å². The monoisotopic (exact) mass is 226 g/mol. The van der Waals surface area contributed by atoms with Crippen molar-refractivity contribution in [3.63, 3.8) is 0 Å². The van der Waals surface area contributed by atoms with Crippen LogP contribution in [0.25, 0.3) is 0 Å². The lowest BCUT2D eigenvalue weighted by Gasteiger charge is -2.11. The highest BCUT2D eigenvalue weighted by Gasteiger charge is 2.13. The summed E-state index contributed by atoms with van der Waals surface area (Å²) in [5.74, 6) is -2.56. The number of carboxylic acids is 1. The standard InChI is InChI=1S/C10H11FN2O3/c1-5(10(15)16)13-8-3-2-6(9(12)14)4-7(8)11/h2-5,13H,1H3,(H2,12,14)(H,15,16). The minimum atomic E-state index is -1.10. The Balaban J connectivity index is 2.91. The first kappa shape index (κ1) is 12.0. The highest BCUT2D eigenvalue weighted by Crippen LogP contribution is 2.16. The molecule has 0 radical (unpaired) electrons. The highest BCUT2D eigenvalue weighted by molar-refractivity contribution is 5.93. The van der Waals surface area contributed by atoms with E-state index in [0.29, 0.717) is 0 Å². The first-order chi connectivity index (χ1) is 7.41. The number of anilines is 1. The number of hydrogen-bond acceptors (Lipinski definition) is 3. The molecule has 1 aromatic rings. The lowest BCUT2D eigenvalue weighted by molar-refractivity contribution is -0.137. The molecule has 0 aliphatic heterocycles. The normalized spacial score (nSPS) is 11.9. The lowest BCUT2D eigenvalue weighted by atomic mass is 10.2. The van der Waals surface area contributed by atoms with Gasteiger partial charge in [0.1, 0.15) is 11.9 Å². The van der Waals surface area contributed by atoms with Crippen LogP contribution in [0.1, 0.15) is 17.3 Å². The van der Waals surface area contributed by atoms with Crippen molar-refractivity contribution in [1.29, 1.82) is 0 Å². The van der Waals surface area contributed by atoms with E-state index in [1.807, 2.05) is 0 Å². The second kappa shape index (κ2) is 4.61. The van der Waals surface area contributed by atoms with Crippen molar-refractivity contribution >= 4 is 17.6 Å². The van der Waals surface area contributed by atoms with E-state index in [1.165, 1.54) is 19.1 Å². The number of aliphatic carboxylic acids is 1. The van der Waals surface area contributed by atoms with Crippen LogP contribution in [0.3, 0.4) is 0 Å². The van der Waals surface area contributed by atoms with Gasteiger partial charge in [0.05, 0.1) is 5.69 Å². The molecule has 86 valence electrons. The van der Waals surface area contributed by atoms with E-state index in [-0.39, 0.29) is 11.3 Å². The average molecular weight is 226 g/mol. The van der Waals surface area contributed by atoms with Crippen molar-refractivity contribution in [3.8, 4) is 0 Å². The first-order valence-electron chi connectivity index (χ1n) is 4.50. The van der Waals surface area contributed by atoms with Gasteiger partial charge in [-0.3, -0.25) is 9.59 Å². The summed E-state index contributed by atoms with van der Waals surface area (Å²) < 4.78 is 13.4. The van der Waals surface area contributed by atoms with Crippen LogP contribution < -0.4 is 11.1 Å². The fourth-order valence-electron chi connectivity index (χ4n) is 1.08. The second-order valence-electron chi connectivity index (χ2n) is 3.26. The van der Waals surface area contributed by atoms with Crippen molar-refractivity contribution in [2.45, 2.75) is 13.0 Å². The predicted molar refractivity (Wildman–Crippen MR) is 55.6 cm³/mol. The van der Waals surface area contributed by atoms with Crippen molar-refractivity contribution in [2.24, 2.45) is 5.73 Å². The van der Waals surface area contributed by atoms with Crippen LogP contribution in [0.5, 0.6) is 0 Å². The van der Waals surface area contributed by atoms with E-state index in [9.17, 15) is 14.0 Å². The van der Waals surface area contributed by atoms with Crippen molar-refractivity contribution in [2.75, 3.05) is 5.32 Å². The van der Waals surface area contributed by atoms with Gasteiger partial charge < -0.3 is 16.2 Å². The molecular weight excluding hydrogens is 215 g/mol. The molecule has 1 unspecified atom stereocenters. The summed E-state index contributed by atoms with van der Waals surface area (Å²) in [5.41, 5.74) is 5.01. The Hall–Kier alpha value is -2.11. The Kier molecular flexibility index (Phi) is 3.44. The number of nitrogens with one attached hydrogen (secondary N) is 1. The van der Waals surface area contributed by atoms with E-state index in [0.717, 1.165) is 6.07 Å². The first-order valence-corrected chi connectivity index (χ1v) is 4.50. The molecule has 0 saturated heterocycles. The zero-order valence-electron chi connectivity index (χ0n) is 8.53. The third-order valence-electron chi connectivity index (χ3n) is 2.00. The molecule has 0 bridgehead atoms. The van der Waals surface area contributed by atoms with Crippen LogP contribution in [0.2, 0.25) is 0 Å². The molecule has 1 aromatic carbocycles. The quantitative estimate of drug-likeness (QED) is 0.708. The molecule has 0 aromatic heterocycles. The highest BCUT2D eigenvalue weighted by atomic mass is 19.1. The fraction of sp³-hybridized carbons (Fsp3) is 0.200. The summed E-state index contributed by atoms with van der Waals surface area (Å²) >= 11 is 0. The van der Waals surface area contributed by atoms with Crippen LogP contribution >= 0.6 is 0 Å². The molecular formula is C10H11FN2O3. The smallest absolute Gasteiger partial charge is 0.325 e. The Morgan fingerprint density at radius 3 is 2.56 bits per heavy atom. The van der Waals surface area contributed by atoms with Crippen molar-refractivity contribution < 1.29 is 19.1 Å². The van der Waals surface area contributed by atoms with E-state index in [4.69, 9.17) is 10.8 Å². The fourth-order valence-corrected chi connectivity index (χ4v) is 1.08. The molecule has 0 aliphatic carbocycles. The minimum Gasteiger partial charge on any atom is -0.480 e.